The number of nitrogens with one attached hydrogen (secondary N) is 1. The zero-order valence-corrected chi connectivity index (χ0v) is 11.7. The van der Waals surface area contributed by atoms with Gasteiger partial charge in [-0.05, 0) is 34.5 Å². The van der Waals surface area contributed by atoms with Crippen LogP contribution in [0.2, 0.25) is 0 Å². The smallest absolute Gasteiger partial charge is 0.254 e. The fourth-order valence-corrected chi connectivity index (χ4v) is 2.00. The van der Waals surface area contributed by atoms with E-state index in [1.807, 2.05) is 0 Å². The third-order valence-corrected chi connectivity index (χ3v) is 2.98. The molecule has 1 rings (SSSR count). The Morgan fingerprint density at radius 1 is 1.65 bits per heavy atom. The predicted octanol–water partition coefficient (Wildman–Crippen LogP) is 2.39. The first-order valence-corrected chi connectivity index (χ1v) is 6.38. The molecule has 94 valence electrons. The second-order valence-corrected chi connectivity index (χ2v) is 4.51. The van der Waals surface area contributed by atoms with Crippen LogP contribution in [0.25, 0.3) is 0 Å². The molecule has 0 saturated heterocycles. The minimum Gasteiger partial charge on any atom is -0.383 e. The van der Waals surface area contributed by atoms with E-state index in [-0.39, 0.29) is 11.9 Å². The molecule has 1 unspecified atom stereocenters. The van der Waals surface area contributed by atoms with Gasteiger partial charge >= 0.3 is 0 Å². The molecule has 1 atom stereocenters. The maximum absolute atomic E-state index is 12.0. The number of rotatable bonds is 6. The summed E-state index contributed by atoms with van der Waals surface area (Å²) >= 11 is 3.26. The quantitative estimate of drug-likeness (QED) is 0.821. The molecule has 0 bridgehead atoms. The fourth-order valence-electron chi connectivity index (χ4n) is 1.57. The zero-order chi connectivity index (χ0) is 12.7. The minimum atomic E-state index is -0.125. The number of ether oxygens (including phenoxy) is 1. The fraction of sp³-hybridized carbons (Fsp3) is 0.500. The van der Waals surface area contributed by atoms with E-state index in [0.717, 1.165) is 12.8 Å². The molecular weight excluding hydrogens is 284 g/mol. The average molecular weight is 301 g/mol. The first-order valence-electron chi connectivity index (χ1n) is 5.59. The highest BCUT2D eigenvalue weighted by molar-refractivity contribution is 9.10. The Morgan fingerprint density at radius 3 is 3.00 bits per heavy atom. The summed E-state index contributed by atoms with van der Waals surface area (Å²) < 4.78 is 5.64. The summed E-state index contributed by atoms with van der Waals surface area (Å²) in [6.07, 6.45) is 3.54. The van der Waals surface area contributed by atoms with Crippen LogP contribution in [0.3, 0.4) is 0 Å². The molecule has 0 aliphatic heterocycles. The van der Waals surface area contributed by atoms with Crippen molar-refractivity contribution >= 4 is 21.8 Å². The highest BCUT2D eigenvalue weighted by Gasteiger charge is 2.15. The lowest BCUT2D eigenvalue weighted by atomic mass is 10.1. The van der Waals surface area contributed by atoms with Gasteiger partial charge in [-0.15, -0.1) is 0 Å². The number of hydrogen-bond donors (Lipinski definition) is 1. The molecule has 0 aromatic carbocycles. The lowest BCUT2D eigenvalue weighted by Crippen LogP contribution is -2.38. The SMILES string of the molecule is CCCC(COC)NC(=O)c1cccnc1Br. The van der Waals surface area contributed by atoms with E-state index in [4.69, 9.17) is 4.74 Å². The van der Waals surface area contributed by atoms with Crippen molar-refractivity contribution in [2.24, 2.45) is 0 Å². The van der Waals surface area contributed by atoms with Crippen molar-refractivity contribution in [2.75, 3.05) is 13.7 Å². The molecule has 1 heterocycles. The first kappa shape index (κ1) is 14.1. The van der Waals surface area contributed by atoms with Crippen molar-refractivity contribution in [2.45, 2.75) is 25.8 Å². The third-order valence-electron chi connectivity index (χ3n) is 2.34. The van der Waals surface area contributed by atoms with Gasteiger partial charge in [0.2, 0.25) is 0 Å². The van der Waals surface area contributed by atoms with Gasteiger partial charge in [-0.25, -0.2) is 4.98 Å². The Morgan fingerprint density at radius 2 is 2.41 bits per heavy atom. The second kappa shape index (κ2) is 7.40. The summed E-state index contributed by atoms with van der Waals surface area (Å²) in [6.45, 7) is 2.60. The van der Waals surface area contributed by atoms with E-state index >= 15 is 0 Å². The molecule has 0 fully saturated rings. The molecule has 0 spiro atoms. The molecular formula is C12H17BrN2O2. The van der Waals surface area contributed by atoms with Gasteiger partial charge in [0.05, 0.1) is 18.2 Å². The Kier molecular flexibility index (Phi) is 6.15. The third kappa shape index (κ3) is 4.44. The number of carbonyl (C=O) groups excluding carboxylic acids is 1. The molecule has 0 saturated carbocycles. The van der Waals surface area contributed by atoms with Gasteiger partial charge in [0.1, 0.15) is 4.60 Å². The number of nitrogens with zero attached hydrogens (tertiary/aromatic N) is 1. The van der Waals surface area contributed by atoms with Crippen LogP contribution in [-0.2, 0) is 4.74 Å². The van der Waals surface area contributed by atoms with Gasteiger partial charge in [-0.1, -0.05) is 13.3 Å². The molecule has 5 heteroatoms. The second-order valence-electron chi connectivity index (χ2n) is 3.76. The van der Waals surface area contributed by atoms with Crippen molar-refractivity contribution in [3.8, 4) is 0 Å². The Balaban J connectivity index is 2.67. The van der Waals surface area contributed by atoms with Crippen molar-refractivity contribution in [1.82, 2.24) is 10.3 Å². The van der Waals surface area contributed by atoms with Crippen LogP contribution in [0, 0.1) is 0 Å². The first-order chi connectivity index (χ1) is 8.19. The Labute approximate surface area is 110 Å². The lowest BCUT2D eigenvalue weighted by molar-refractivity contribution is 0.0890. The molecule has 1 aromatic rings. The highest BCUT2D eigenvalue weighted by atomic mass is 79.9. The van der Waals surface area contributed by atoms with E-state index in [2.05, 4.69) is 33.2 Å². The lowest BCUT2D eigenvalue weighted by Gasteiger charge is -2.17. The largest absolute Gasteiger partial charge is 0.383 e. The summed E-state index contributed by atoms with van der Waals surface area (Å²) in [5.41, 5.74) is 0.546. The van der Waals surface area contributed by atoms with E-state index < -0.39 is 0 Å². The number of carbonyl (C=O) groups is 1. The number of methoxy groups -OCH3 is 1. The van der Waals surface area contributed by atoms with Crippen LogP contribution >= 0.6 is 15.9 Å². The van der Waals surface area contributed by atoms with Gasteiger partial charge in [-0.2, -0.15) is 0 Å². The molecule has 0 radical (unpaired) electrons. The topological polar surface area (TPSA) is 51.2 Å². The molecule has 1 aromatic heterocycles. The van der Waals surface area contributed by atoms with E-state index in [1.54, 1.807) is 25.4 Å². The summed E-state index contributed by atoms with van der Waals surface area (Å²) in [5.74, 6) is -0.125. The summed E-state index contributed by atoms with van der Waals surface area (Å²) in [4.78, 5) is 16.0. The average Bonchev–Trinajstić information content (AvgIpc) is 2.30. The van der Waals surface area contributed by atoms with Gasteiger partial charge in [-0.3, -0.25) is 4.79 Å². The molecule has 17 heavy (non-hydrogen) atoms. The summed E-state index contributed by atoms with van der Waals surface area (Å²) in [5, 5.41) is 2.94. The van der Waals surface area contributed by atoms with Crippen LogP contribution in [-0.4, -0.2) is 30.6 Å². The van der Waals surface area contributed by atoms with E-state index in [1.165, 1.54) is 0 Å². The maximum atomic E-state index is 12.0. The van der Waals surface area contributed by atoms with Gasteiger partial charge < -0.3 is 10.1 Å². The number of halogens is 1. The Hall–Kier alpha value is -0.940. The van der Waals surface area contributed by atoms with Crippen molar-refractivity contribution < 1.29 is 9.53 Å². The van der Waals surface area contributed by atoms with Crippen molar-refractivity contribution in [3.63, 3.8) is 0 Å². The summed E-state index contributed by atoms with van der Waals surface area (Å²) in [6, 6.07) is 3.53. The molecule has 0 aliphatic carbocycles. The molecule has 1 amide bonds. The molecule has 4 nitrogen and oxygen atoms in total. The van der Waals surface area contributed by atoms with Crippen LogP contribution in [0.15, 0.2) is 22.9 Å². The Bertz CT molecular complexity index is 365. The van der Waals surface area contributed by atoms with Gasteiger partial charge in [0.25, 0.3) is 5.91 Å². The van der Waals surface area contributed by atoms with E-state index in [0.29, 0.717) is 16.8 Å². The molecule has 0 aliphatic rings. The molecule has 1 N–H and O–H groups in total. The number of pyridine rings is 1. The van der Waals surface area contributed by atoms with Crippen LogP contribution < -0.4 is 5.32 Å². The van der Waals surface area contributed by atoms with Crippen molar-refractivity contribution in [3.05, 3.63) is 28.5 Å². The van der Waals surface area contributed by atoms with Crippen LogP contribution in [0.5, 0.6) is 0 Å². The minimum absolute atomic E-state index is 0.0459. The van der Waals surface area contributed by atoms with Crippen LogP contribution in [0.1, 0.15) is 30.1 Å². The number of amides is 1. The van der Waals surface area contributed by atoms with Crippen LogP contribution in [0.4, 0.5) is 0 Å². The normalized spacial score (nSPS) is 12.2. The predicted molar refractivity (Wildman–Crippen MR) is 70.0 cm³/mol. The summed E-state index contributed by atoms with van der Waals surface area (Å²) in [7, 11) is 1.63. The standard InChI is InChI=1S/C12H17BrN2O2/c1-3-5-9(8-17-2)15-12(16)10-6-4-7-14-11(10)13/h4,6-7,9H,3,5,8H2,1-2H3,(H,15,16). The van der Waals surface area contributed by atoms with E-state index in [9.17, 15) is 4.79 Å². The maximum Gasteiger partial charge on any atom is 0.254 e. The zero-order valence-electron chi connectivity index (χ0n) is 10.1. The highest BCUT2D eigenvalue weighted by Crippen LogP contribution is 2.12. The van der Waals surface area contributed by atoms with Gasteiger partial charge in [0, 0.05) is 13.3 Å². The monoisotopic (exact) mass is 300 g/mol. The number of hydrogen-bond acceptors (Lipinski definition) is 3. The van der Waals surface area contributed by atoms with Gasteiger partial charge in [0.15, 0.2) is 0 Å². The van der Waals surface area contributed by atoms with Crippen molar-refractivity contribution in [1.29, 1.82) is 0 Å². The number of aromatic nitrogens is 1.